The van der Waals surface area contributed by atoms with E-state index >= 15 is 0 Å². The first-order valence-electron chi connectivity index (χ1n) is 8.61. The number of aromatic nitrogens is 1. The fourth-order valence-corrected chi connectivity index (χ4v) is 3.39. The highest BCUT2D eigenvalue weighted by molar-refractivity contribution is 6.33. The van der Waals surface area contributed by atoms with Crippen LogP contribution in [-0.2, 0) is 12.6 Å². The van der Waals surface area contributed by atoms with Gasteiger partial charge in [-0.25, -0.2) is 0 Å². The number of benzene rings is 2. The lowest BCUT2D eigenvalue weighted by Crippen LogP contribution is -2.05. The van der Waals surface area contributed by atoms with Gasteiger partial charge < -0.3 is 15.5 Å². The molecule has 3 nitrogen and oxygen atoms in total. The van der Waals surface area contributed by atoms with Crippen molar-refractivity contribution in [3.8, 4) is 17.0 Å². The van der Waals surface area contributed by atoms with Gasteiger partial charge in [0.05, 0.1) is 18.4 Å². The van der Waals surface area contributed by atoms with Crippen molar-refractivity contribution in [2.24, 2.45) is 5.73 Å². The Hall–Kier alpha value is -2.18. The zero-order valence-electron chi connectivity index (χ0n) is 14.8. The molecule has 3 N–H and O–H groups in total. The van der Waals surface area contributed by atoms with Crippen molar-refractivity contribution in [1.29, 1.82) is 0 Å². The molecule has 0 spiro atoms. The largest absolute Gasteiger partial charge is 0.497 e. The van der Waals surface area contributed by atoms with Crippen LogP contribution in [0.4, 0.5) is 13.2 Å². The molecule has 0 aliphatic carbocycles. The summed E-state index contributed by atoms with van der Waals surface area (Å²) in [6.07, 6.45) is -2.11. The first-order valence-corrected chi connectivity index (χ1v) is 8.98. The predicted molar refractivity (Wildman–Crippen MR) is 102 cm³/mol. The van der Waals surface area contributed by atoms with Crippen LogP contribution in [0.15, 0.2) is 36.4 Å². The molecule has 7 heteroatoms. The molecule has 0 atom stereocenters. The van der Waals surface area contributed by atoms with Crippen molar-refractivity contribution in [1.82, 2.24) is 4.98 Å². The molecule has 0 aliphatic heterocycles. The molecule has 0 unspecified atom stereocenters. The van der Waals surface area contributed by atoms with E-state index in [-0.39, 0.29) is 5.02 Å². The standard InChI is InChI=1S/C20H20ClF3N2O/c1-27-13-6-8-18-15(11-13)14(4-2-3-9-25)19(26-18)16-10-12(20(22,23)24)5-7-17(16)21/h5-8,10-11,26H,2-4,9,25H2,1H3. The quantitative estimate of drug-likeness (QED) is 0.517. The molecule has 1 aromatic heterocycles. The van der Waals surface area contributed by atoms with Crippen molar-refractivity contribution in [2.45, 2.75) is 25.4 Å². The van der Waals surface area contributed by atoms with Crippen molar-refractivity contribution in [3.05, 3.63) is 52.5 Å². The number of nitrogens with two attached hydrogens (primary N) is 1. The average Bonchev–Trinajstić information content (AvgIpc) is 2.99. The van der Waals surface area contributed by atoms with Gasteiger partial charge in [-0.1, -0.05) is 11.6 Å². The zero-order chi connectivity index (χ0) is 19.6. The number of hydrogen-bond acceptors (Lipinski definition) is 2. The molecule has 1 heterocycles. The predicted octanol–water partition coefficient (Wildman–Crippen LogP) is 5.80. The third-order valence-corrected chi connectivity index (χ3v) is 4.89. The van der Waals surface area contributed by atoms with E-state index in [4.69, 9.17) is 22.1 Å². The Kier molecular flexibility index (Phi) is 5.67. The molecule has 3 aromatic rings. The van der Waals surface area contributed by atoms with Gasteiger partial charge in [0.15, 0.2) is 0 Å². The topological polar surface area (TPSA) is 51.0 Å². The number of aromatic amines is 1. The SMILES string of the molecule is COc1ccc2[nH]c(-c3cc(C(F)(F)F)ccc3Cl)c(CCCCN)c2c1. The molecule has 2 aromatic carbocycles. The summed E-state index contributed by atoms with van der Waals surface area (Å²) >= 11 is 6.27. The van der Waals surface area contributed by atoms with Crippen LogP contribution in [-0.4, -0.2) is 18.6 Å². The molecular weight excluding hydrogens is 377 g/mol. The van der Waals surface area contributed by atoms with Gasteiger partial charge in [0.2, 0.25) is 0 Å². The van der Waals surface area contributed by atoms with Crippen molar-refractivity contribution >= 4 is 22.5 Å². The fraction of sp³-hybridized carbons (Fsp3) is 0.300. The molecule has 144 valence electrons. The van der Waals surface area contributed by atoms with Gasteiger partial charge in [0.1, 0.15) is 5.75 Å². The number of H-pyrrole nitrogens is 1. The Morgan fingerprint density at radius 3 is 2.56 bits per heavy atom. The monoisotopic (exact) mass is 396 g/mol. The van der Waals surface area contributed by atoms with Gasteiger partial charge in [0.25, 0.3) is 0 Å². The Balaban J connectivity index is 2.19. The number of halogens is 4. The highest BCUT2D eigenvalue weighted by Gasteiger charge is 2.31. The Morgan fingerprint density at radius 1 is 1.11 bits per heavy atom. The minimum atomic E-state index is -4.44. The Bertz CT molecular complexity index is 950. The summed E-state index contributed by atoms with van der Waals surface area (Å²) in [5, 5.41) is 1.18. The van der Waals surface area contributed by atoms with Crippen molar-refractivity contribution in [3.63, 3.8) is 0 Å². The minimum absolute atomic E-state index is 0.265. The summed E-state index contributed by atoms with van der Waals surface area (Å²) in [5.74, 6) is 0.684. The maximum atomic E-state index is 13.2. The van der Waals surface area contributed by atoms with Crippen LogP contribution in [0, 0.1) is 0 Å². The van der Waals surface area contributed by atoms with E-state index in [1.807, 2.05) is 12.1 Å². The second kappa shape index (κ2) is 7.82. The number of alkyl halides is 3. The zero-order valence-corrected chi connectivity index (χ0v) is 15.5. The maximum Gasteiger partial charge on any atom is 0.416 e. The number of aryl methyl sites for hydroxylation is 1. The number of hydrogen-bond donors (Lipinski definition) is 2. The third-order valence-electron chi connectivity index (χ3n) is 4.56. The van der Waals surface area contributed by atoms with Crippen LogP contribution in [0.2, 0.25) is 5.02 Å². The molecule has 3 rings (SSSR count). The lowest BCUT2D eigenvalue weighted by molar-refractivity contribution is -0.137. The molecule has 0 saturated carbocycles. The molecular formula is C20H20ClF3N2O. The molecule has 0 aliphatic rings. The van der Waals surface area contributed by atoms with Gasteiger partial charge in [-0.15, -0.1) is 0 Å². The van der Waals surface area contributed by atoms with E-state index < -0.39 is 11.7 Å². The summed E-state index contributed by atoms with van der Waals surface area (Å²) in [7, 11) is 1.58. The van der Waals surface area contributed by atoms with Gasteiger partial charge >= 0.3 is 6.18 Å². The van der Waals surface area contributed by atoms with Gasteiger partial charge in [-0.3, -0.25) is 0 Å². The summed E-state index contributed by atoms with van der Waals surface area (Å²) in [6.45, 7) is 0.561. The van der Waals surface area contributed by atoms with Crippen LogP contribution in [0.1, 0.15) is 24.0 Å². The van der Waals surface area contributed by atoms with Crippen molar-refractivity contribution < 1.29 is 17.9 Å². The molecule has 27 heavy (non-hydrogen) atoms. The molecule has 0 bridgehead atoms. The van der Waals surface area contributed by atoms with Gasteiger partial charge in [0, 0.05) is 21.5 Å². The van der Waals surface area contributed by atoms with E-state index in [1.54, 1.807) is 13.2 Å². The smallest absolute Gasteiger partial charge is 0.416 e. The van der Waals surface area contributed by atoms with Crippen LogP contribution in [0.25, 0.3) is 22.2 Å². The van der Waals surface area contributed by atoms with E-state index in [1.165, 1.54) is 6.07 Å². The number of unbranched alkanes of at least 4 members (excludes halogenated alkanes) is 1. The highest BCUT2D eigenvalue weighted by Crippen LogP contribution is 2.39. The van der Waals surface area contributed by atoms with Gasteiger partial charge in [-0.05, 0) is 67.8 Å². The second-order valence-corrected chi connectivity index (χ2v) is 6.74. The number of nitrogens with one attached hydrogen (secondary N) is 1. The maximum absolute atomic E-state index is 13.2. The van der Waals surface area contributed by atoms with Crippen molar-refractivity contribution in [2.75, 3.05) is 13.7 Å². The number of rotatable bonds is 6. The normalized spacial score (nSPS) is 11.9. The number of fused-ring (bicyclic) bond motifs is 1. The Labute approximate surface area is 160 Å². The summed E-state index contributed by atoms with van der Waals surface area (Å²) in [6, 6.07) is 8.91. The fourth-order valence-electron chi connectivity index (χ4n) is 3.18. The third kappa shape index (κ3) is 4.06. The lowest BCUT2D eigenvalue weighted by atomic mass is 9.99. The first-order chi connectivity index (χ1) is 12.8. The van der Waals surface area contributed by atoms with Crippen LogP contribution >= 0.6 is 11.6 Å². The second-order valence-electron chi connectivity index (χ2n) is 6.33. The summed E-state index contributed by atoms with van der Waals surface area (Å²) < 4.78 is 44.8. The molecule has 0 saturated heterocycles. The molecule has 0 fully saturated rings. The first kappa shape index (κ1) is 19.6. The number of ether oxygens (including phenoxy) is 1. The summed E-state index contributed by atoms with van der Waals surface area (Å²) in [4.78, 5) is 3.24. The van der Waals surface area contributed by atoms with Gasteiger partial charge in [-0.2, -0.15) is 13.2 Å². The van der Waals surface area contributed by atoms with Crippen LogP contribution < -0.4 is 10.5 Å². The van der Waals surface area contributed by atoms with E-state index in [2.05, 4.69) is 4.98 Å². The van der Waals surface area contributed by atoms with Crippen LogP contribution in [0.5, 0.6) is 5.75 Å². The Morgan fingerprint density at radius 2 is 1.89 bits per heavy atom. The van der Waals surface area contributed by atoms with E-state index in [0.717, 1.165) is 41.4 Å². The van der Waals surface area contributed by atoms with E-state index in [0.29, 0.717) is 30.0 Å². The van der Waals surface area contributed by atoms with Crippen LogP contribution in [0.3, 0.4) is 0 Å². The molecule has 0 amide bonds. The average molecular weight is 397 g/mol. The lowest BCUT2D eigenvalue weighted by Gasteiger charge is -2.11. The molecule has 0 radical (unpaired) electrons. The summed E-state index contributed by atoms with van der Waals surface area (Å²) in [5.41, 5.74) is 7.54. The minimum Gasteiger partial charge on any atom is -0.497 e. The number of methoxy groups -OCH3 is 1. The highest BCUT2D eigenvalue weighted by atomic mass is 35.5. The van der Waals surface area contributed by atoms with E-state index in [9.17, 15) is 13.2 Å².